The standard InChI is InChI=1S/C35H45N7O5/c1-6-35(43)39-28-17-29(32(45-5)18-31(28)40-13-10-26(11-14-40)41-20-23(2)47-24(3)21-41)38-33-19-34(37-22-36-33)42-30(12-15-46-42)25-8-7-9-27(16-25)44-4/h6-9,16-19,22-24,26,30H,1,10-15,20-21H2,2-5H3,(H,39,43)(H,36,37,38)/t23-,24+,30?. The number of carbonyl (C=O) groups excluding carboxylic acids is 1. The number of hydroxylamine groups is 1. The van der Waals surface area contributed by atoms with Crippen molar-refractivity contribution in [2.45, 2.75) is 57.4 Å². The number of carbonyl (C=O) groups is 1. The van der Waals surface area contributed by atoms with Crippen molar-refractivity contribution in [2.75, 3.05) is 67.6 Å². The SMILES string of the molecule is C=CC(=O)Nc1cc(Nc2cc(N3OCCC3c3cccc(OC)c3)ncn2)c(OC)cc1N1CCC(N2C[C@@H](C)O[C@@H](C)C2)CC1. The first kappa shape index (κ1) is 32.5. The molecule has 2 aromatic carbocycles. The number of piperidine rings is 1. The number of rotatable bonds is 10. The van der Waals surface area contributed by atoms with Gasteiger partial charge in [-0.15, -0.1) is 0 Å². The normalized spacial score (nSPS) is 22.2. The van der Waals surface area contributed by atoms with Gasteiger partial charge in [0, 0.05) is 50.8 Å². The average Bonchev–Trinajstić information content (AvgIpc) is 3.59. The summed E-state index contributed by atoms with van der Waals surface area (Å²) in [5.74, 6) is 2.31. The Balaban J connectivity index is 1.22. The number of nitrogens with zero attached hydrogens (tertiary/aromatic N) is 5. The number of benzene rings is 2. The van der Waals surface area contributed by atoms with Gasteiger partial charge in [-0.3, -0.25) is 14.5 Å². The molecule has 0 bridgehead atoms. The zero-order chi connectivity index (χ0) is 32.9. The second-order valence-corrected chi connectivity index (χ2v) is 12.3. The van der Waals surface area contributed by atoms with Gasteiger partial charge in [-0.2, -0.15) is 0 Å². The predicted octanol–water partition coefficient (Wildman–Crippen LogP) is 5.32. The molecule has 0 saturated carbocycles. The van der Waals surface area contributed by atoms with Crippen molar-refractivity contribution in [1.82, 2.24) is 14.9 Å². The third-order valence-electron chi connectivity index (χ3n) is 9.05. The molecule has 12 heteroatoms. The molecule has 3 atom stereocenters. The second-order valence-electron chi connectivity index (χ2n) is 12.3. The van der Waals surface area contributed by atoms with Crippen LogP contribution in [-0.2, 0) is 14.4 Å². The Kier molecular flexibility index (Phi) is 10.1. The number of ether oxygens (including phenoxy) is 3. The number of nitrogens with one attached hydrogen (secondary N) is 2. The fraction of sp³-hybridized carbons (Fsp3) is 0.457. The van der Waals surface area contributed by atoms with E-state index in [4.69, 9.17) is 19.0 Å². The van der Waals surface area contributed by atoms with Crippen molar-refractivity contribution >= 4 is 34.6 Å². The van der Waals surface area contributed by atoms with Crippen LogP contribution in [0.5, 0.6) is 11.5 Å². The second kappa shape index (κ2) is 14.6. The van der Waals surface area contributed by atoms with Crippen molar-refractivity contribution < 1.29 is 23.8 Å². The lowest BCUT2D eigenvalue weighted by atomic mass is 10.00. The third kappa shape index (κ3) is 7.45. The summed E-state index contributed by atoms with van der Waals surface area (Å²) >= 11 is 0. The molecule has 1 aromatic heterocycles. The van der Waals surface area contributed by atoms with Gasteiger partial charge < -0.3 is 29.7 Å². The lowest BCUT2D eigenvalue weighted by Gasteiger charge is -2.44. The minimum atomic E-state index is -0.285. The van der Waals surface area contributed by atoms with Crippen LogP contribution >= 0.6 is 0 Å². The number of hydrogen-bond donors (Lipinski definition) is 2. The third-order valence-corrected chi connectivity index (χ3v) is 9.05. The zero-order valence-electron chi connectivity index (χ0n) is 27.6. The topological polar surface area (TPSA) is 114 Å². The molecule has 1 unspecified atom stereocenters. The molecule has 0 spiro atoms. The molecule has 250 valence electrons. The minimum absolute atomic E-state index is 0.0263. The van der Waals surface area contributed by atoms with Gasteiger partial charge in [0.2, 0.25) is 5.91 Å². The first-order valence-electron chi connectivity index (χ1n) is 16.3. The highest BCUT2D eigenvalue weighted by atomic mass is 16.7. The van der Waals surface area contributed by atoms with Crippen LogP contribution in [0.2, 0.25) is 0 Å². The summed E-state index contributed by atoms with van der Waals surface area (Å²) in [4.78, 5) is 32.5. The fourth-order valence-electron chi connectivity index (χ4n) is 6.89. The molecule has 3 aliphatic rings. The highest BCUT2D eigenvalue weighted by Crippen LogP contribution is 2.41. The van der Waals surface area contributed by atoms with Gasteiger partial charge in [0.25, 0.3) is 0 Å². The highest BCUT2D eigenvalue weighted by molar-refractivity contribution is 6.02. The minimum Gasteiger partial charge on any atom is -0.497 e. The Morgan fingerprint density at radius 2 is 1.79 bits per heavy atom. The monoisotopic (exact) mass is 643 g/mol. The molecule has 3 fully saturated rings. The zero-order valence-corrected chi connectivity index (χ0v) is 27.6. The van der Waals surface area contributed by atoms with Crippen molar-refractivity contribution in [2.24, 2.45) is 0 Å². The molecule has 3 aromatic rings. The van der Waals surface area contributed by atoms with Crippen LogP contribution in [0.1, 0.15) is 44.7 Å². The largest absolute Gasteiger partial charge is 0.497 e. The molecule has 1 amide bonds. The molecule has 0 aliphatic carbocycles. The number of methoxy groups -OCH3 is 2. The molecule has 6 rings (SSSR count). The Morgan fingerprint density at radius 1 is 1.00 bits per heavy atom. The summed E-state index contributed by atoms with van der Waals surface area (Å²) in [6.07, 6.45) is 6.12. The van der Waals surface area contributed by atoms with Crippen LogP contribution < -0.4 is 30.1 Å². The number of anilines is 5. The van der Waals surface area contributed by atoms with Gasteiger partial charge in [-0.25, -0.2) is 15.0 Å². The summed E-state index contributed by atoms with van der Waals surface area (Å²) in [6.45, 7) is 12.2. The van der Waals surface area contributed by atoms with Crippen LogP contribution in [0.15, 0.2) is 61.4 Å². The summed E-state index contributed by atoms with van der Waals surface area (Å²) in [5, 5.41) is 8.23. The molecule has 3 aliphatic heterocycles. The van der Waals surface area contributed by atoms with E-state index in [1.54, 1.807) is 14.2 Å². The summed E-state index contributed by atoms with van der Waals surface area (Å²) in [7, 11) is 3.30. The van der Waals surface area contributed by atoms with Crippen molar-refractivity contribution in [1.29, 1.82) is 0 Å². The maximum atomic E-state index is 12.6. The maximum absolute atomic E-state index is 12.6. The first-order chi connectivity index (χ1) is 22.8. The number of aromatic nitrogens is 2. The molecular weight excluding hydrogens is 598 g/mol. The van der Waals surface area contributed by atoms with Crippen LogP contribution in [0, 0.1) is 0 Å². The number of hydrogen-bond acceptors (Lipinski definition) is 11. The van der Waals surface area contributed by atoms with Crippen molar-refractivity contribution in [3.05, 3.63) is 67.0 Å². The van der Waals surface area contributed by atoms with Gasteiger partial charge in [0.1, 0.15) is 23.6 Å². The molecule has 4 heterocycles. The predicted molar refractivity (Wildman–Crippen MR) is 183 cm³/mol. The van der Waals surface area contributed by atoms with Gasteiger partial charge in [0.05, 0.1) is 56.1 Å². The molecule has 12 nitrogen and oxygen atoms in total. The van der Waals surface area contributed by atoms with E-state index in [2.05, 4.69) is 56.9 Å². The van der Waals surface area contributed by atoms with Crippen LogP contribution in [0.25, 0.3) is 0 Å². The van der Waals surface area contributed by atoms with Crippen molar-refractivity contribution in [3.8, 4) is 11.5 Å². The fourth-order valence-corrected chi connectivity index (χ4v) is 6.89. The highest BCUT2D eigenvalue weighted by Gasteiger charge is 2.32. The summed E-state index contributed by atoms with van der Waals surface area (Å²) < 4.78 is 17.3. The van der Waals surface area contributed by atoms with Crippen LogP contribution in [-0.4, -0.2) is 86.0 Å². The Morgan fingerprint density at radius 3 is 2.51 bits per heavy atom. The summed E-state index contributed by atoms with van der Waals surface area (Å²) in [6, 6.07) is 14.2. The molecule has 3 saturated heterocycles. The molecule has 2 N–H and O–H groups in total. The maximum Gasteiger partial charge on any atom is 0.247 e. The Labute approximate surface area is 276 Å². The van der Waals surface area contributed by atoms with Gasteiger partial charge in [-0.1, -0.05) is 18.7 Å². The van der Waals surface area contributed by atoms with E-state index in [1.807, 2.05) is 41.5 Å². The molecule has 47 heavy (non-hydrogen) atoms. The van der Waals surface area contributed by atoms with Gasteiger partial charge in [-0.05, 0) is 56.5 Å². The van der Waals surface area contributed by atoms with E-state index < -0.39 is 0 Å². The van der Waals surface area contributed by atoms with E-state index in [0.29, 0.717) is 41.4 Å². The first-order valence-corrected chi connectivity index (χ1v) is 16.3. The summed E-state index contributed by atoms with van der Waals surface area (Å²) in [5.41, 5.74) is 3.30. The smallest absolute Gasteiger partial charge is 0.247 e. The van der Waals surface area contributed by atoms with E-state index in [-0.39, 0.29) is 24.2 Å². The van der Waals surface area contributed by atoms with E-state index in [1.165, 1.54) is 12.4 Å². The Bertz CT molecular complexity index is 1550. The van der Waals surface area contributed by atoms with Crippen molar-refractivity contribution in [3.63, 3.8) is 0 Å². The lowest BCUT2D eigenvalue weighted by Crippen LogP contribution is -2.53. The number of amides is 1. The number of morpholine rings is 1. The molecular formula is C35H45N7O5. The van der Waals surface area contributed by atoms with E-state index in [0.717, 1.165) is 62.4 Å². The van der Waals surface area contributed by atoms with Crippen LogP contribution in [0.3, 0.4) is 0 Å². The van der Waals surface area contributed by atoms with E-state index >= 15 is 0 Å². The van der Waals surface area contributed by atoms with Crippen LogP contribution in [0.4, 0.5) is 28.7 Å². The quantitative estimate of drug-likeness (QED) is 0.280. The average molecular weight is 644 g/mol. The molecule has 0 radical (unpaired) electrons. The lowest BCUT2D eigenvalue weighted by molar-refractivity contribution is -0.111. The van der Waals surface area contributed by atoms with E-state index in [9.17, 15) is 4.79 Å². The van der Waals surface area contributed by atoms with Gasteiger partial charge in [0.15, 0.2) is 5.82 Å². The van der Waals surface area contributed by atoms with Gasteiger partial charge >= 0.3 is 0 Å². The Hall–Kier alpha value is -4.39.